The Hall–Kier alpha value is -0.790. The average molecular weight is 266 g/mol. The first-order chi connectivity index (χ1) is 8.62. The molecule has 0 aromatic rings. The molecule has 0 aliphatic carbocycles. The van der Waals surface area contributed by atoms with E-state index in [-0.39, 0.29) is 5.41 Å². The summed E-state index contributed by atoms with van der Waals surface area (Å²) in [5, 5.41) is 6.56. The summed E-state index contributed by atoms with van der Waals surface area (Å²) in [5.74, 6) is 0. The average Bonchev–Trinajstić information content (AvgIpc) is 2.24. The van der Waals surface area contributed by atoms with Crippen molar-refractivity contribution in [2.24, 2.45) is 15.9 Å². The minimum Gasteiger partial charge on any atom is -0.273 e. The van der Waals surface area contributed by atoms with Crippen molar-refractivity contribution in [1.82, 2.24) is 5.01 Å². The van der Waals surface area contributed by atoms with Gasteiger partial charge >= 0.3 is 0 Å². The Balaban J connectivity index is 4.83. The molecule has 0 heterocycles. The van der Waals surface area contributed by atoms with Crippen molar-refractivity contribution in [2.75, 3.05) is 6.54 Å². The van der Waals surface area contributed by atoms with Gasteiger partial charge in [0.15, 0.2) is 0 Å². The fraction of sp³-hybridized carbons (Fsp3) is 0.824. The second-order valence-electron chi connectivity index (χ2n) is 7.28. The highest BCUT2D eigenvalue weighted by Crippen LogP contribution is 2.38. The Morgan fingerprint density at radius 3 is 2.11 bits per heavy atom. The highest BCUT2D eigenvalue weighted by Gasteiger charge is 2.27. The molecule has 19 heavy (non-hydrogen) atoms. The zero-order chi connectivity index (χ0) is 15.1. The lowest BCUT2D eigenvalue weighted by molar-refractivity contribution is 0.245. The van der Waals surface area contributed by atoms with E-state index in [0.717, 1.165) is 19.4 Å². The van der Waals surface area contributed by atoms with Gasteiger partial charge < -0.3 is 0 Å². The molecule has 0 N–H and O–H groups in total. The maximum atomic E-state index is 4.51. The first-order valence-corrected chi connectivity index (χ1v) is 7.60. The number of hydrogen-bond acceptors (Lipinski definition) is 2. The summed E-state index contributed by atoms with van der Waals surface area (Å²) in [6.45, 7) is 19.0. The van der Waals surface area contributed by atoms with E-state index in [1.807, 2.05) is 6.21 Å². The van der Waals surface area contributed by atoms with Gasteiger partial charge in [-0.1, -0.05) is 48.0 Å². The van der Waals surface area contributed by atoms with E-state index in [1.54, 1.807) is 0 Å². The minimum atomic E-state index is 0.214. The van der Waals surface area contributed by atoms with Crippen molar-refractivity contribution < 1.29 is 0 Å². The molecule has 0 saturated carbocycles. The van der Waals surface area contributed by atoms with Crippen LogP contribution in [-0.2, 0) is 0 Å². The van der Waals surface area contributed by atoms with Gasteiger partial charge in [-0.2, -0.15) is 5.10 Å². The van der Waals surface area contributed by atoms with E-state index in [0.29, 0.717) is 5.41 Å². The number of unbranched alkanes of at least 4 members (excludes halogenated alkanes) is 1. The summed E-state index contributed by atoms with van der Waals surface area (Å²) in [5.41, 5.74) is 1.96. The zero-order valence-corrected chi connectivity index (χ0v) is 14.4. The van der Waals surface area contributed by atoms with Crippen LogP contribution >= 0.6 is 0 Å². The lowest BCUT2D eigenvalue weighted by Crippen LogP contribution is -2.23. The van der Waals surface area contributed by atoms with Crippen LogP contribution in [0.1, 0.15) is 74.7 Å². The summed E-state index contributed by atoms with van der Waals surface area (Å²) in [6, 6.07) is 0. The lowest BCUT2D eigenvalue weighted by atomic mass is 9.72. The number of hydrogen-bond donors (Lipinski definition) is 0. The van der Waals surface area contributed by atoms with Gasteiger partial charge in [-0.3, -0.25) is 5.01 Å². The van der Waals surface area contributed by atoms with E-state index in [1.165, 1.54) is 12.0 Å². The molecule has 0 aliphatic heterocycles. The molecule has 0 saturated heterocycles. The van der Waals surface area contributed by atoms with Crippen LogP contribution in [-0.4, -0.2) is 17.8 Å². The van der Waals surface area contributed by atoms with Crippen LogP contribution in [0.15, 0.2) is 16.9 Å². The summed E-state index contributed by atoms with van der Waals surface area (Å²) < 4.78 is 0. The first-order valence-electron chi connectivity index (χ1n) is 7.60. The minimum absolute atomic E-state index is 0.214. The fourth-order valence-corrected chi connectivity index (χ4v) is 2.36. The van der Waals surface area contributed by atoms with Gasteiger partial charge in [-0.05, 0) is 43.1 Å². The van der Waals surface area contributed by atoms with Crippen molar-refractivity contribution in [3.63, 3.8) is 0 Å². The predicted molar refractivity (Wildman–Crippen MR) is 87.4 cm³/mol. The van der Waals surface area contributed by atoms with Crippen LogP contribution in [0.2, 0.25) is 0 Å². The SMILES string of the molecule is CCC/C=N/N(/C=C(\C)C(C)(C)CC(C)(C)C)CC. The van der Waals surface area contributed by atoms with Crippen molar-refractivity contribution in [1.29, 1.82) is 0 Å². The Bertz CT molecular complexity index is 306. The topological polar surface area (TPSA) is 15.6 Å². The third-order valence-corrected chi connectivity index (χ3v) is 3.35. The van der Waals surface area contributed by atoms with Gasteiger partial charge in [0.25, 0.3) is 0 Å². The van der Waals surface area contributed by atoms with Crippen molar-refractivity contribution in [3.8, 4) is 0 Å². The largest absolute Gasteiger partial charge is 0.273 e. The van der Waals surface area contributed by atoms with Crippen LogP contribution in [0.5, 0.6) is 0 Å². The molecular weight excluding hydrogens is 232 g/mol. The summed E-state index contributed by atoms with van der Waals surface area (Å²) >= 11 is 0. The molecule has 2 heteroatoms. The molecule has 0 aliphatic rings. The lowest BCUT2D eigenvalue weighted by Gasteiger charge is -2.34. The van der Waals surface area contributed by atoms with Gasteiger partial charge in [0, 0.05) is 19.0 Å². The number of rotatable bonds is 7. The van der Waals surface area contributed by atoms with E-state index >= 15 is 0 Å². The Morgan fingerprint density at radius 1 is 1.11 bits per heavy atom. The van der Waals surface area contributed by atoms with E-state index in [2.05, 4.69) is 71.7 Å². The normalized spacial score (nSPS) is 14.2. The van der Waals surface area contributed by atoms with Gasteiger partial charge in [0.1, 0.15) is 0 Å². The van der Waals surface area contributed by atoms with Crippen molar-refractivity contribution in [3.05, 3.63) is 11.8 Å². The van der Waals surface area contributed by atoms with E-state index < -0.39 is 0 Å². The van der Waals surface area contributed by atoms with Crippen LogP contribution in [0.3, 0.4) is 0 Å². The third kappa shape index (κ3) is 8.07. The van der Waals surface area contributed by atoms with Crippen LogP contribution in [0.25, 0.3) is 0 Å². The monoisotopic (exact) mass is 266 g/mol. The highest BCUT2D eigenvalue weighted by atomic mass is 15.4. The van der Waals surface area contributed by atoms with Gasteiger partial charge in [-0.15, -0.1) is 0 Å². The predicted octanol–water partition coefficient (Wildman–Crippen LogP) is 5.46. The molecule has 0 spiro atoms. The molecule has 0 bridgehead atoms. The van der Waals surface area contributed by atoms with Crippen LogP contribution in [0.4, 0.5) is 0 Å². The second kappa shape index (κ2) is 7.72. The number of hydrazone groups is 1. The quantitative estimate of drug-likeness (QED) is 0.441. The Labute approximate surface area is 121 Å². The Morgan fingerprint density at radius 2 is 1.68 bits per heavy atom. The first kappa shape index (κ1) is 18.2. The molecule has 0 amide bonds. The number of nitrogens with zero attached hydrogens (tertiary/aromatic N) is 2. The molecule has 0 rings (SSSR count). The molecule has 0 atom stereocenters. The molecule has 0 radical (unpaired) electrons. The molecule has 2 nitrogen and oxygen atoms in total. The van der Waals surface area contributed by atoms with Crippen LogP contribution in [0, 0.1) is 10.8 Å². The smallest absolute Gasteiger partial charge is 0.0380 e. The summed E-state index contributed by atoms with van der Waals surface area (Å²) in [7, 11) is 0. The Kier molecular flexibility index (Phi) is 7.39. The van der Waals surface area contributed by atoms with Gasteiger partial charge in [0.2, 0.25) is 0 Å². The molecule has 0 aromatic carbocycles. The second-order valence-corrected chi connectivity index (χ2v) is 7.28. The fourth-order valence-electron chi connectivity index (χ4n) is 2.36. The molecule has 0 unspecified atom stereocenters. The summed E-state index contributed by atoms with van der Waals surface area (Å²) in [4.78, 5) is 0. The van der Waals surface area contributed by atoms with E-state index in [4.69, 9.17) is 0 Å². The zero-order valence-electron chi connectivity index (χ0n) is 14.4. The highest BCUT2D eigenvalue weighted by molar-refractivity contribution is 5.56. The maximum Gasteiger partial charge on any atom is 0.0380 e. The molecule has 0 fully saturated rings. The summed E-state index contributed by atoms with van der Waals surface area (Å²) in [6.07, 6.45) is 7.61. The standard InChI is InChI=1S/C17H34N2/c1-9-11-12-18-19(10-2)13-15(3)17(7,8)14-16(4,5)6/h12-13H,9-11,14H2,1-8H3/b15-13+,18-12+. The number of allylic oxidation sites excluding steroid dienone is 1. The molecule has 112 valence electrons. The maximum absolute atomic E-state index is 4.51. The molecule has 0 aromatic heterocycles. The van der Waals surface area contributed by atoms with Crippen molar-refractivity contribution in [2.45, 2.75) is 74.7 Å². The van der Waals surface area contributed by atoms with Crippen LogP contribution < -0.4 is 0 Å². The van der Waals surface area contributed by atoms with Crippen molar-refractivity contribution >= 4 is 6.21 Å². The van der Waals surface area contributed by atoms with E-state index in [9.17, 15) is 0 Å². The molecular formula is C17H34N2. The third-order valence-electron chi connectivity index (χ3n) is 3.35. The van der Waals surface area contributed by atoms with Gasteiger partial charge in [-0.25, -0.2) is 0 Å². The van der Waals surface area contributed by atoms with Gasteiger partial charge in [0.05, 0.1) is 0 Å².